The Hall–Kier alpha value is -3.31. The molecule has 0 radical (unpaired) electrons. The highest BCUT2D eigenvalue weighted by Gasteiger charge is 2.52. The van der Waals surface area contributed by atoms with Gasteiger partial charge in [0.05, 0.1) is 30.7 Å². The van der Waals surface area contributed by atoms with Crippen molar-refractivity contribution in [3.05, 3.63) is 47.7 Å². The molecule has 1 saturated carbocycles. The lowest BCUT2D eigenvalue weighted by Crippen LogP contribution is -2.59. The maximum absolute atomic E-state index is 13.4. The Morgan fingerprint density at radius 3 is 2.67 bits per heavy atom. The summed E-state index contributed by atoms with van der Waals surface area (Å²) in [5, 5.41) is 26.3. The summed E-state index contributed by atoms with van der Waals surface area (Å²) in [5.74, 6) is 0.218. The number of imidazole rings is 1. The third kappa shape index (κ3) is 5.24. The van der Waals surface area contributed by atoms with E-state index in [4.69, 9.17) is 14.8 Å². The Morgan fingerprint density at radius 2 is 1.98 bits per heavy atom. The Balaban J connectivity index is 1.46. The van der Waals surface area contributed by atoms with E-state index < -0.39 is 17.6 Å². The second-order valence-corrected chi connectivity index (χ2v) is 11.6. The van der Waals surface area contributed by atoms with E-state index in [0.29, 0.717) is 36.0 Å². The zero-order valence-electron chi connectivity index (χ0n) is 23.8. The summed E-state index contributed by atoms with van der Waals surface area (Å²) >= 11 is 0. The maximum Gasteiger partial charge on any atom is 0.316 e. The first-order valence-electron chi connectivity index (χ1n) is 14.4. The smallest absolute Gasteiger partial charge is 0.316 e. The summed E-state index contributed by atoms with van der Waals surface area (Å²) in [6.07, 6.45) is 7.70. The molecule has 11 heteroatoms. The molecule has 11 nitrogen and oxygen atoms in total. The number of aromatic nitrogens is 5. The summed E-state index contributed by atoms with van der Waals surface area (Å²) in [4.78, 5) is 31.2. The topological polar surface area (TPSA) is 136 Å². The van der Waals surface area contributed by atoms with Crippen molar-refractivity contribution in [2.75, 3.05) is 13.7 Å². The van der Waals surface area contributed by atoms with Crippen molar-refractivity contribution < 1.29 is 19.4 Å². The summed E-state index contributed by atoms with van der Waals surface area (Å²) in [6, 6.07) is 5.19. The molecule has 0 aromatic carbocycles. The third-order valence-electron chi connectivity index (χ3n) is 9.10. The average molecular weight is 552 g/mol. The lowest BCUT2D eigenvalue weighted by molar-refractivity contribution is -0.172. The fraction of sp³-hybridized carbons (Fsp3) is 0.621. The molecule has 3 N–H and O–H groups in total. The van der Waals surface area contributed by atoms with Gasteiger partial charge in [0, 0.05) is 19.2 Å². The molecule has 216 valence electrons. The molecule has 1 aliphatic carbocycles. The van der Waals surface area contributed by atoms with Crippen LogP contribution in [0.25, 0.3) is 5.65 Å². The van der Waals surface area contributed by atoms with Crippen molar-refractivity contribution in [2.45, 2.75) is 78.1 Å². The molecule has 0 spiro atoms. The number of methoxy groups -OCH3 is 1. The lowest BCUT2D eigenvalue weighted by Gasteiger charge is -2.43. The molecule has 2 aliphatic rings. The quantitative estimate of drug-likeness (QED) is 0.364. The standard InChI is InChI=1S/C29H41N7O4/c1-5-35-23(13-15-31-35)26(37)33-25(20-8-6-18(2)7-9-20)22-17-36-24(32-22)11-10-21(34-36)16-29(28(39)40-4)19(3)12-14-30-27(29)38/h10-11,13,15,17-20,25,27,30,38H,5-9,12,14,16H2,1-4H3,(H,33,37)/t18?,19?,20?,25-,27?,29?/m0/s1. The van der Waals surface area contributed by atoms with E-state index in [1.807, 2.05) is 32.2 Å². The minimum absolute atomic E-state index is 0.100. The first-order chi connectivity index (χ1) is 19.3. The summed E-state index contributed by atoms with van der Waals surface area (Å²) in [6.45, 7) is 7.45. The summed E-state index contributed by atoms with van der Waals surface area (Å²) in [5.41, 5.74) is 1.45. The molecule has 1 saturated heterocycles. The fourth-order valence-electron chi connectivity index (χ4n) is 6.52. The van der Waals surface area contributed by atoms with Crippen LogP contribution < -0.4 is 10.6 Å². The Bertz CT molecular complexity index is 1330. The number of piperidine rings is 1. The SMILES string of the molecule is CCn1nccc1C(=O)N[C@H](c1cn2nc(CC3(C(=O)OC)C(C)CCNC3O)ccc2n1)C1CCC(C)CC1. The van der Waals surface area contributed by atoms with Crippen molar-refractivity contribution in [2.24, 2.45) is 23.2 Å². The Labute approximate surface area is 234 Å². The van der Waals surface area contributed by atoms with Gasteiger partial charge >= 0.3 is 5.97 Å². The first-order valence-corrected chi connectivity index (χ1v) is 14.4. The van der Waals surface area contributed by atoms with Crippen LogP contribution in [0, 0.1) is 23.2 Å². The van der Waals surface area contributed by atoms with Gasteiger partial charge in [-0.2, -0.15) is 10.2 Å². The Kier molecular flexibility index (Phi) is 8.23. The number of carbonyl (C=O) groups excluding carboxylic acids is 2. The Morgan fingerprint density at radius 1 is 1.20 bits per heavy atom. The number of carbonyl (C=O) groups is 2. The van der Waals surface area contributed by atoms with Crippen LogP contribution in [0.4, 0.5) is 0 Å². The van der Waals surface area contributed by atoms with Crippen molar-refractivity contribution in [1.29, 1.82) is 0 Å². The van der Waals surface area contributed by atoms with E-state index >= 15 is 0 Å². The second kappa shape index (κ2) is 11.7. The third-order valence-corrected chi connectivity index (χ3v) is 9.10. The summed E-state index contributed by atoms with van der Waals surface area (Å²) in [7, 11) is 1.35. The monoisotopic (exact) mass is 551 g/mol. The van der Waals surface area contributed by atoms with Gasteiger partial charge in [0.25, 0.3) is 5.91 Å². The maximum atomic E-state index is 13.4. The van der Waals surface area contributed by atoms with Crippen LogP contribution in [0.3, 0.4) is 0 Å². The van der Waals surface area contributed by atoms with Crippen LogP contribution in [0.1, 0.15) is 80.8 Å². The van der Waals surface area contributed by atoms with Gasteiger partial charge in [0.1, 0.15) is 17.3 Å². The number of hydrogen-bond acceptors (Lipinski definition) is 8. The largest absolute Gasteiger partial charge is 0.468 e. The minimum atomic E-state index is -1.14. The predicted molar refractivity (Wildman–Crippen MR) is 148 cm³/mol. The molecule has 0 bridgehead atoms. The number of aliphatic hydroxyl groups is 1. The van der Waals surface area contributed by atoms with E-state index in [9.17, 15) is 14.7 Å². The van der Waals surface area contributed by atoms with Gasteiger partial charge in [-0.3, -0.25) is 19.6 Å². The molecular formula is C29H41N7O4. The van der Waals surface area contributed by atoms with Gasteiger partial charge in [-0.1, -0.05) is 26.7 Å². The van der Waals surface area contributed by atoms with Gasteiger partial charge in [0.2, 0.25) is 0 Å². The molecule has 1 aliphatic heterocycles. The number of fused-ring (bicyclic) bond motifs is 1. The molecule has 2 fully saturated rings. The highest BCUT2D eigenvalue weighted by atomic mass is 16.5. The predicted octanol–water partition coefficient (Wildman–Crippen LogP) is 2.89. The van der Waals surface area contributed by atoms with Crippen LogP contribution in [-0.4, -0.2) is 61.2 Å². The van der Waals surface area contributed by atoms with Gasteiger partial charge in [-0.25, -0.2) is 9.50 Å². The number of aryl methyl sites for hydroxylation is 1. The van der Waals surface area contributed by atoms with Crippen LogP contribution in [-0.2, 0) is 22.5 Å². The zero-order chi connectivity index (χ0) is 28.4. The molecule has 4 atom stereocenters. The molecule has 5 rings (SSSR count). The van der Waals surface area contributed by atoms with E-state index in [-0.39, 0.29) is 30.2 Å². The number of nitrogens with one attached hydrogen (secondary N) is 2. The number of rotatable bonds is 8. The number of esters is 1. The number of ether oxygens (including phenoxy) is 1. The molecule has 3 aromatic rings. The molecule has 3 unspecified atom stereocenters. The van der Waals surface area contributed by atoms with Crippen molar-refractivity contribution in [3.8, 4) is 0 Å². The molecular weight excluding hydrogens is 510 g/mol. The number of nitrogens with zero attached hydrogens (tertiary/aromatic N) is 5. The number of hydrogen-bond donors (Lipinski definition) is 3. The highest BCUT2D eigenvalue weighted by molar-refractivity contribution is 5.92. The van der Waals surface area contributed by atoms with Crippen molar-refractivity contribution >= 4 is 17.5 Å². The van der Waals surface area contributed by atoms with Gasteiger partial charge in [-0.05, 0) is 68.7 Å². The van der Waals surface area contributed by atoms with Gasteiger partial charge < -0.3 is 15.2 Å². The van der Waals surface area contributed by atoms with E-state index in [2.05, 4.69) is 22.7 Å². The molecule has 1 amide bonds. The molecule has 40 heavy (non-hydrogen) atoms. The van der Waals surface area contributed by atoms with Gasteiger partial charge in [0.15, 0.2) is 5.65 Å². The first kappa shape index (κ1) is 28.2. The van der Waals surface area contributed by atoms with Crippen LogP contribution in [0.5, 0.6) is 0 Å². The van der Waals surface area contributed by atoms with E-state index in [1.54, 1.807) is 21.5 Å². The van der Waals surface area contributed by atoms with E-state index in [1.165, 1.54) is 7.11 Å². The normalized spacial score (nSPS) is 27.8. The van der Waals surface area contributed by atoms with E-state index in [0.717, 1.165) is 37.8 Å². The highest BCUT2D eigenvalue weighted by Crippen LogP contribution is 2.40. The minimum Gasteiger partial charge on any atom is -0.468 e. The second-order valence-electron chi connectivity index (χ2n) is 11.6. The van der Waals surface area contributed by atoms with Crippen molar-refractivity contribution in [3.63, 3.8) is 0 Å². The molecule has 3 aromatic heterocycles. The average Bonchev–Trinajstić information content (AvgIpc) is 3.61. The fourth-order valence-corrected chi connectivity index (χ4v) is 6.52. The zero-order valence-corrected chi connectivity index (χ0v) is 23.8. The number of amides is 1. The van der Waals surface area contributed by atoms with Gasteiger partial charge in [-0.15, -0.1) is 0 Å². The lowest BCUT2D eigenvalue weighted by atomic mass is 9.68. The van der Waals surface area contributed by atoms with Crippen molar-refractivity contribution in [1.82, 2.24) is 35.0 Å². The van der Waals surface area contributed by atoms with Crippen LogP contribution in [0.2, 0.25) is 0 Å². The summed E-state index contributed by atoms with van der Waals surface area (Å²) < 4.78 is 8.56. The van der Waals surface area contributed by atoms with Crippen LogP contribution >= 0.6 is 0 Å². The molecule has 4 heterocycles. The van der Waals surface area contributed by atoms with Crippen LogP contribution in [0.15, 0.2) is 30.6 Å². The number of aliphatic hydroxyl groups excluding tert-OH is 1.